The van der Waals surface area contributed by atoms with E-state index in [9.17, 15) is 4.79 Å². The van der Waals surface area contributed by atoms with Crippen LogP contribution in [0.2, 0.25) is 5.02 Å². The molecule has 1 aromatic carbocycles. The van der Waals surface area contributed by atoms with Crippen LogP contribution in [-0.4, -0.2) is 33.9 Å². The molecule has 0 fully saturated rings. The van der Waals surface area contributed by atoms with Crippen molar-refractivity contribution in [2.24, 2.45) is 0 Å². The predicted molar refractivity (Wildman–Crippen MR) is 85.9 cm³/mol. The van der Waals surface area contributed by atoms with E-state index in [2.05, 4.69) is 5.32 Å². The van der Waals surface area contributed by atoms with E-state index in [4.69, 9.17) is 46.4 Å². The molecule has 0 saturated carbocycles. The van der Waals surface area contributed by atoms with Crippen molar-refractivity contribution in [2.75, 3.05) is 13.1 Å². The molecular weight excluding hydrogens is 342 g/mol. The Morgan fingerprint density at radius 2 is 1.80 bits per heavy atom. The third kappa shape index (κ3) is 4.68. The molecule has 1 aromatic rings. The lowest BCUT2D eigenvalue weighted by Crippen LogP contribution is -2.55. The lowest BCUT2D eigenvalue weighted by molar-refractivity contribution is 0.0862. The van der Waals surface area contributed by atoms with Gasteiger partial charge in [-0.25, -0.2) is 0 Å². The summed E-state index contributed by atoms with van der Waals surface area (Å²) in [6.45, 7) is 5.12. The van der Waals surface area contributed by atoms with Gasteiger partial charge in [0.1, 0.15) is 6.17 Å². The maximum absolute atomic E-state index is 12.3. The third-order valence-electron chi connectivity index (χ3n) is 2.87. The van der Waals surface area contributed by atoms with Crippen LogP contribution >= 0.6 is 46.4 Å². The van der Waals surface area contributed by atoms with Crippen molar-refractivity contribution in [3.63, 3.8) is 0 Å². The third-order valence-corrected chi connectivity index (χ3v) is 3.82. The van der Waals surface area contributed by atoms with Crippen molar-refractivity contribution >= 4 is 52.3 Å². The van der Waals surface area contributed by atoms with E-state index in [1.807, 2.05) is 18.7 Å². The van der Waals surface area contributed by atoms with E-state index in [0.717, 1.165) is 0 Å². The number of nitrogens with zero attached hydrogens (tertiary/aromatic N) is 1. The maximum atomic E-state index is 12.3. The highest BCUT2D eigenvalue weighted by Crippen LogP contribution is 2.32. The molecule has 0 aliphatic heterocycles. The quantitative estimate of drug-likeness (QED) is 0.635. The average Bonchev–Trinajstić information content (AvgIpc) is 2.38. The van der Waals surface area contributed by atoms with Crippen LogP contribution in [-0.2, 0) is 0 Å². The molecule has 0 spiro atoms. The highest BCUT2D eigenvalue weighted by molar-refractivity contribution is 6.68. The number of hydrogen-bond acceptors (Lipinski definition) is 2. The fraction of sp³-hybridized carbons (Fsp3) is 0.462. The summed E-state index contributed by atoms with van der Waals surface area (Å²) in [5.41, 5.74) is 0.348. The van der Waals surface area contributed by atoms with Crippen LogP contribution in [0.4, 0.5) is 0 Å². The van der Waals surface area contributed by atoms with Gasteiger partial charge in [0.2, 0.25) is 3.79 Å². The molecule has 3 nitrogen and oxygen atoms in total. The number of halogens is 4. The number of hydrogen-bond donors (Lipinski definition) is 1. The lowest BCUT2D eigenvalue weighted by atomic mass is 10.2. The molecule has 0 heterocycles. The first-order valence-corrected chi connectivity index (χ1v) is 7.68. The van der Waals surface area contributed by atoms with E-state index in [0.29, 0.717) is 23.7 Å². The Morgan fingerprint density at radius 3 is 2.25 bits per heavy atom. The Morgan fingerprint density at radius 1 is 1.25 bits per heavy atom. The molecule has 112 valence electrons. The Hall–Kier alpha value is -0.190. The molecule has 1 atom stereocenters. The van der Waals surface area contributed by atoms with Crippen LogP contribution < -0.4 is 5.32 Å². The van der Waals surface area contributed by atoms with Crippen molar-refractivity contribution in [3.8, 4) is 0 Å². The van der Waals surface area contributed by atoms with Gasteiger partial charge in [0.05, 0.1) is 10.6 Å². The number of rotatable bonds is 5. The second kappa shape index (κ2) is 7.71. The summed E-state index contributed by atoms with van der Waals surface area (Å²) in [6.07, 6.45) is -0.730. The van der Waals surface area contributed by atoms with Crippen LogP contribution in [0.25, 0.3) is 0 Å². The highest BCUT2D eigenvalue weighted by atomic mass is 35.6. The van der Waals surface area contributed by atoms with Gasteiger partial charge in [-0.3, -0.25) is 9.69 Å². The minimum Gasteiger partial charge on any atom is -0.332 e. The van der Waals surface area contributed by atoms with E-state index < -0.39 is 9.96 Å². The minimum atomic E-state index is -1.64. The number of amides is 1. The van der Waals surface area contributed by atoms with Gasteiger partial charge in [0.15, 0.2) is 0 Å². The highest BCUT2D eigenvalue weighted by Gasteiger charge is 2.37. The summed E-state index contributed by atoms with van der Waals surface area (Å²) < 4.78 is -1.64. The standard InChI is InChI=1S/C13H16Cl4N2O/c1-3-19(4-2)12(13(15,16)17)18-11(20)9-7-5-6-8-10(9)14/h5-8,12H,3-4H2,1-2H3,(H,18,20)/t12-/m1/s1. The molecule has 0 saturated heterocycles. The van der Waals surface area contributed by atoms with Gasteiger partial charge in [-0.2, -0.15) is 0 Å². The molecule has 20 heavy (non-hydrogen) atoms. The van der Waals surface area contributed by atoms with E-state index in [-0.39, 0.29) is 5.91 Å². The monoisotopic (exact) mass is 356 g/mol. The molecule has 0 unspecified atom stereocenters. The van der Waals surface area contributed by atoms with Gasteiger partial charge in [0, 0.05) is 0 Å². The summed E-state index contributed by atoms with van der Waals surface area (Å²) in [4.78, 5) is 14.1. The number of carbonyl (C=O) groups excluding carboxylic acids is 1. The first-order valence-electron chi connectivity index (χ1n) is 6.17. The van der Waals surface area contributed by atoms with Crippen molar-refractivity contribution in [1.82, 2.24) is 10.2 Å². The Kier molecular flexibility index (Phi) is 6.89. The van der Waals surface area contributed by atoms with Crippen LogP contribution in [0.5, 0.6) is 0 Å². The van der Waals surface area contributed by atoms with Gasteiger partial charge in [0.25, 0.3) is 5.91 Å². The van der Waals surface area contributed by atoms with Gasteiger partial charge >= 0.3 is 0 Å². The van der Waals surface area contributed by atoms with Crippen molar-refractivity contribution in [2.45, 2.75) is 23.8 Å². The normalized spacial score (nSPS) is 13.3. The van der Waals surface area contributed by atoms with E-state index in [1.165, 1.54) is 0 Å². The topological polar surface area (TPSA) is 32.3 Å². The van der Waals surface area contributed by atoms with Crippen LogP contribution in [0.3, 0.4) is 0 Å². The van der Waals surface area contributed by atoms with Gasteiger partial charge < -0.3 is 5.32 Å². The predicted octanol–water partition coefficient (Wildman–Crippen LogP) is 4.11. The van der Waals surface area contributed by atoms with Gasteiger partial charge in [-0.1, -0.05) is 72.4 Å². The zero-order valence-corrected chi connectivity index (χ0v) is 14.2. The smallest absolute Gasteiger partial charge is 0.254 e. The SMILES string of the molecule is CCN(CC)[C@@H](NC(=O)c1ccccc1Cl)C(Cl)(Cl)Cl. The van der Waals surface area contributed by atoms with Gasteiger partial charge in [-0.15, -0.1) is 0 Å². The fourth-order valence-electron chi connectivity index (χ4n) is 1.82. The van der Waals surface area contributed by atoms with E-state index >= 15 is 0 Å². The zero-order chi connectivity index (χ0) is 15.3. The second-order valence-electron chi connectivity index (χ2n) is 4.12. The number of carbonyl (C=O) groups is 1. The first kappa shape index (κ1) is 17.9. The second-order valence-corrected chi connectivity index (χ2v) is 6.89. The molecule has 0 aromatic heterocycles. The minimum absolute atomic E-state index is 0.348. The molecule has 0 bridgehead atoms. The zero-order valence-electron chi connectivity index (χ0n) is 11.2. The molecule has 1 rings (SSSR count). The molecule has 7 heteroatoms. The molecule has 0 aliphatic rings. The van der Waals surface area contributed by atoms with Crippen molar-refractivity contribution in [3.05, 3.63) is 34.9 Å². The molecule has 1 amide bonds. The van der Waals surface area contributed by atoms with Gasteiger partial charge in [-0.05, 0) is 25.2 Å². The van der Waals surface area contributed by atoms with Crippen molar-refractivity contribution < 1.29 is 4.79 Å². The van der Waals surface area contributed by atoms with Crippen LogP contribution in [0, 0.1) is 0 Å². The summed E-state index contributed by atoms with van der Waals surface area (Å²) in [6, 6.07) is 6.73. The van der Waals surface area contributed by atoms with Crippen LogP contribution in [0.1, 0.15) is 24.2 Å². The molecular formula is C13H16Cl4N2O. The number of nitrogens with one attached hydrogen (secondary N) is 1. The summed E-state index contributed by atoms with van der Waals surface area (Å²) in [5, 5.41) is 3.08. The largest absolute Gasteiger partial charge is 0.332 e. The fourth-order valence-corrected chi connectivity index (χ4v) is 2.62. The number of benzene rings is 1. The summed E-state index contributed by atoms with van der Waals surface area (Å²) >= 11 is 23.9. The Balaban J connectivity index is 2.96. The Bertz CT molecular complexity index is 458. The molecule has 0 radical (unpaired) electrons. The summed E-state index contributed by atoms with van der Waals surface area (Å²) in [7, 11) is 0. The molecule has 0 aliphatic carbocycles. The first-order chi connectivity index (χ1) is 9.31. The summed E-state index contributed by atoms with van der Waals surface area (Å²) in [5.74, 6) is -0.376. The average molecular weight is 358 g/mol. The number of alkyl halides is 3. The lowest BCUT2D eigenvalue weighted by Gasteiger charge is -2.35. The maximum Gasteiger partial charge on any atom is 0.254 e. The van der Waals surface area contributed by atoms with E-state index in [1.54, 1.807) is 24.3 Å². The van der Waals surface area contributed by atoms with Crippen molar-refractivity contribution in [1.29, 1.82) is 0 Å². The van der Waals surface area contributed by atoms with Crippen LogP contribution in [0.15, 0.2) is 24.3 Å². The molecule has 1 N–H and O–H groups in total. The Labute approximate surface area is 139 Å².